The van der Waals surface area contributed by atoms with Gasteiger partial charge in [-0.3, -0.25) is 9.59 Å². The summed E-state index contributed by atoms with van der Waals surface area (Å²) >= 11 is 14.0. The van der Waals surface area contributed by atoms with Crippen molar-refractivity contribution in [2.75, 3.05) is 20.2 Å². The lowest BCUT2D eigenvalue weighted by Gasteiger charge is -2.16. The summed E-state index contributed by atoms with van der Waals surface area (Å²) < 4.78 is 21.1. The minimum absolute atomic E-state index is 0.0721. The number of carbonyl (C=O) groups is 2. The molecular weight excluding hydrogens is 640 g/mol. The SMILES string of the molecule is COc1nc(-c2cccc(-c3cccc(-c4ccc(CNC[C@@H]5CCC(=O)N5)cc4F)c3Cl)c2Cl)ccc1CNC[C@@H]1CCC(=O)N1. The van der Waals surface area contributed by atoms with Crippen molar-refractivity contribution >= 4 is 35.0 Å². The largest absolute Gasteiger partial charge is 0.481 e. The molecule has 1 aromatic heterocycles. The molecule has 2 aliphatic heterocycles. The van der Waals surface area contributed by atoms with Gasteiger partial charge in [-0.1, -0.05) is 77.8 Å². The molecule has 2 aliphatic rings. The van der Waals surface area contributed by atoms with Crippen LogP contribution in [0, 0.1) is 5.82 Å². The standard InChI is InChI=1S/C36H36Cl2FN5O3/c1-47-36-22(18-41-20-24-11-15-33(46)43-24)9-13-31(44-36)29-7-3-6-28(35(29)38)27-5-2-4-26(34(27)37)25-12-8-21(16-30(25)39)17-40-19-23-10-14-32(45)42-23/h2-9,12-13,16,23-24,40-41H,10-11,14-15,17-20H2,1H3,(H,42,45)(H,43,46)/t23-,24-/m0/s1. The summed E-state index contributed by atoms with van der Waals surface area (Å²) in [5.41, 5.74) is 5.34. The zero-order valence-electron chi connectivity index (χ0n) is 26.0. The fourth-order valence-corrected chi connectivity index (χ4v) is 6.79. The molecule has 0 spiro atoms. The van der Waals surface area contributed by atoms with E-state index >= 15 is 4.39 Å². The number of pyridine rings is 1. The van der Waals surface area contributed by atoms with Crippen molar-refractivity contribution in [1.82, 2.24) is 26.3 Å². The molecule has 4 N–H and O–H groups in total. The van der Waals surface area contributed by atoms with Crippen LogP contribution in [0.15, 0.2) is 66.7 Å². The van der Waals surface area contributed by atoms with Crippen molar-refractivity contribution in [3.8, 4) is 39.4 Å². The average Bonchev–Trinajstić information content (AvgIpc) is 3.68. The monoisotopic (exact) mass is 675 g/mol. The van der Waals surface area contributed by atoms with Gasteiger partial charge in [0.25, 0.3) is 0 Å². The Morgan fingerprint density at radius 1 is 0.787 bits per heavy atom. The number of rotatable bonds is 12. The van der Waals surface area contributed by atoms with E-state index in [2.05, 4.69) is 21.3 Å². The molecule has 2 atom stereocenters. The van der Waals surface area contributed by atoms with Gasteiger partial charge in [0.05, 0.1) is 22.8 Å². The van der Waals surface area contributed by atoms with Gasteiger partial charge in [-0.2, -0.15) is 0 Å². The Balaban J connectivity index is 1.19. The highest BCUT2D eigenvalue weighted by Gasteiger charge is 2.22. The molecule has 0 aliphatic carbocycles. The van der Waals surface area contributed by atoms with Gasteiger partial charge in [0.1, 0.15) is 5.82 Å². The second kappa shape index (κ2) is 14.8. The fourth-order valence-electron chi connectivity index (χ4n) is 6.14. The summed E-state index contributed by atoms with van der Waals surface area (Å²) in [5.74, 6) is 0.261. The normalized spacial score (nSPS) is 17.5. The van der Waals surface area contributed by atoms with Crippen LogP contribution in [0.1, 0.15) is 36.8 Å². The molecule has 6 rings (SSSR count). The number of methoxy groups -OCH3 is 1. The Bertz CT molecular complexity index is 1800. The van der Waals surface area contributed by atoms with Crippen LogP contribution < -0.4 is 26.0 Å². The number of ether oxygens (including phenoxy) is 1. The van der Waals surface area contributed by atoms with E-state index < -0.39 is 0 Å². The molecule has 4 aromatic rings. The van der Waals surface area contributed by atoms with Gasteiger partial charge in [-0.15, -0.1) is 0 Å². The topological polar surface area (TPSA) is 104 Å². The van der Waals surface area contributed by atoms with Crippen molar-refractivity contribution in [2.45, 2.75) is 50.9 Å². The molecule has 3 heterocycles. The molecule has 3 aromatic carbocycles. The minimum Gasteiger partial charge on any atom is -0.481 e. The second-order valence-electron chi connectivity index (χ2n) is 11.9. The third kappa shape index (κ3) is 7.60. The number of aromatic nitrogens is 1. The van der Waals surface area contributed by atoms with Crippen LogP contribution in [-0.2, 0) is 22.7 Å². The lowest BCUT2D eigenvalue weighted by Crippen LogP contribution is -2.35. The number of amides is 2. The van der Waals surface area contributed by atoms with E-state index in [0.717, 1.165) is 24.0 Å². The van der Waals surface area contributed by atoms with E-state index in [4.69, 9.17) is 32.9 Å². The third-order valence-corrected chi connectivity index (χ3v) is 9.43. The minimum atomic E-state index is -0.378. The zero-order valence-corrected chi connectivity index (χ0v) is 27.5. The Labute approximate surface area is 283 Å². The first-order valence-corrected chi connectivity index (χ1v) is 16.5. The summed E-state index contributed by atoms with van der Waals surface area (Å²) in [6.07, 6.45) is 2.74. The van der Waals surface area contributed by atoms with Gasteiger partial charge in [0.2, 0.25) is 17.7 Å². The van der Waals surface area contributed by atoms with Crippen LogP contribution >= 0.6 is 23.2 Å². The van der Waals surface area contributed by atoms with E-state index in [1.165, 1.54) is 6.07 Å². The highest BCUT2D eigenvalue weighted by atomic mass is 35.5. The van der Waals surface area contributed by atoms with Crippen LogP contribution in [-0.4, -0.2) is 49.1 Å². The lowest BCUT2D eigenvalue weighted by atomic mass is 9.96. The maximum atomic E-state index is 15.5. The quantitative estimate of drug-likeness (QED) is 0.141. The van der Waals surface area contributed by atoms with E-state index in [0.29, 0.717) is 88.5 Å². The number of halogens is 3. The number of nitrogens with zero attached hydrogens (tertiary/aromatic N) is 1. The summed E-state index contributed by atoms with van der Waals surface area (Å²) in [4.78, 5) is 27.7. The Morgan fingerprint density at radius 3 is 1.94 bits per heavy atom. The number of nitrogens with one attached hydrogen (secondary N) is 4. The van der Waals surface area contributed by atoms with E-state index in [9.17, 15) is 9.59 Å². The van der Waals surface area contributed by atoms with Crippen LogP contribution in [0.5, 0.6) is 5.88 Å². The van der Waals surface area contributed by atoms with Crippen LogP contribution in [0.25, 0.3) is 33.5 Å². The first-order chi connectivity index (χ1) is 22.8. The predicted octanol–water partition coefficient (Wildman–Crippen LogP) is 6.27. The van der Waals surface area contributed by atoms with E-state index in [-0.39, 0.29) is 29.7 Å². The summed E-state index contributed by atoms with van der Waals surface area (Å²) in [6.45, 7) is 2.32. The summed E-state index contributed by atoms with van der Waals surface area (Å²) in [7, 11) is 1.58. The van der Waals surface area contributed by atoms with E-state index in [1.807, 2.05) is 48.5 Å². The Kier molecular flexibility index (Phi) is 10.4. The number of carbonyl (C=O) groups excluding carboxylic acids is 2. The number of hydrogen-bond donors (Lipinski definition) is 4. The highest BCUT2D eigenvalue weighted by Crippen LogP contribution is 2.43. The molecule has 0 saturated carbocycles. The molecule has 0 bridgehead atoms. The molecule has 0 radical (unpaired) electrons. The average molecular weight is 677 g/mol. The maximum Gasteiger partial charge on any atom is 0.220 e. The van der Waals surface area contributed by atoms with E-state index in [1.54, 1.807) is 19.2 Å². The van der Waals surface area contributed by atoms with Gasteiger partial charge in [0, 0.05) is 84.5 Å². The summed E-state index contributed by atoms with van der Waals surface area (Å²) in [5, 5.41) is 13.4. The van der Waals surface area contributed by atoms with Gasteiger partial charge >= 0.3 is 0 Å². The van der Waals surface area contributed by atoms with Gasteiger partial charge in [0.15, 0.2) is 0 Å². The molecule has 11 heteroatoms. The third-order valence-electron chi connectivity index (χ3n) is 8.62. The van der Waals surface area contributed by atoms with Gasteiger partial charge in [-0.05, 0) is 30.5 Å². The molecular formula is C36H36Cl2FN5O3. The van der Waals surface area contributed by atoms with Crippen molar-refractivity contribution in [1.29, 1.82) is 0 Å². The lowest BCUT2D eigenvalue weighted by molar-refractivity contribution is -0.120. The number of hydrogen-bond acceptors (Lipinski definition) is 6. The predicted molar refractivity (Wildman–Crippen MR) is 183 cm³/mol. The van der Waals surface area contributed by atoms with Gasteiger partial charge < -0.3 is 26.0 Å². The smallest absolute Gasteiger partial charge is 0.220 e. The van der Waals surface area contributed by atoms with Crippen LogP contribution in [0.2, 0.25) is 10.0 Å². The first-order valence-electron chi connectivity index (χ1n) is 15.7. The maximum absolute atomic E-state index is 15.5. The first kappa shape index (κ1) is 32.9. The second-order valence-corrected chi connectivity index (χ2v) is 12.6. The zero-order chi connectivity index (χ0) is 32.9. The van der Waals surface area contributed by atoms with Crippen molar-refractivity contribution in [3.05, 3.63) is 93.7 Å². The molecule has 2 saturated heterocycles. The fraction of sp³-hybridized carbons (Fsp3) is 0.306. The molecule has 47 heavy (non-hydrogen) atoms. The van der Waals surface area contributed by atoms with Gasteiger partial charge in [-0.25, -0.2) is 9.37 Å². The molecule has 2 amide bonds. The number of benzene rings is 3. The van der Waals surface area contributed by atoms with Crippen LogP contribution in [0.4, 0.5) is 4.39 Å². The van der Waals surface area contributed by atoms with Crippen molar-refractivity contribution < 1.29 is 18.7 Å². The van der Waals surface area contributed by atoms with Crippen LogP contribution in [0.3, 0.4) is 0 Å². The molecule has 8 nitrogen and oxygen atoms in total. The highest BCUT2D eigenvalue weighted by molar-refractivity contribution is 6.39. The summed E-state index contributed by atoms with van der Waals surface area (Å²) in [6, 6.07) is 20.4. The van der Waals surface area contributed by atoms with Crippen molar-refractivity contribution in [2.24, 2.45) is 0 Å². The molecule has 0 unspecified atom stereocenters. The Morgan fingerprint density at radius 2 is 1.36 bits per heavy atom. The molecule has 2 fully saturated rings. The van der Waals surface area contributed by atoms with Crippen molar-refractivity contribution in [3.63, 3.8) is 0 Å². The Hall–Kier alpha value is -4.02. The molecule has 244 valence electrons.